The number of cyclic esters (lactones) is 1. The van der Waals surface area contributed by atoms with Crippen LogP contribution in [0.1, 0.15) is 22.7 Å². The summed E-state index contributed by atoms with van der Waals surface area (Å²) in [5.41, 5.74) is 2.57. The summed E-state index contributed by atoms with van der Waals surface area (Å²) in [4.78, 5) is 19.3. The number of nitrogens with one attached hydrogen (secondary N) is 2. The van der Waals surface area contributed by atoms with Crippen molar-refractivity contribution < 1.29 is 9.53 Å². The second-order valence-electron chi connectivity index (χ2n) is 4.72. The summed E-state index contributed by atoms with van der Waals surface area (Å²) in [7, 11) is 1.76. The van der Waals surface area contributed by atoms with E-state index in [1.807, 2.05) is 24.3 Å². The van der Waals surface area contributed by atoms with Crippen molar-refractivity contribution in [3.8, 4) is 11.8 Å². The van der Waals surface area contributed by atoms with Crippen molar-refractivity contribution in [2.24, 2.45) is 0 Å². The highest BCUT2D eigenvalue weighted by Crippen LogP contribution is 2.18. The molecule has 2 heterocycles. The molecule has 0 radical (unpaired) electrons. The maximum Gasteiger partial charge on any atom is 0.407 e. The Labute approximate surface area is 127 Å². The zero-order chi connectivity index (χ0) is 15.4. The van der Waals surface area contributed by atoms with Crippen LogP contribution in [0.4, 0.5) is 10.7 Å². The Morgan fingerprint density at radius 3 is 2.73 bits per heavy atom. The Morgan fingerprint density at radius 2 is 2.05 bits per heavy atom. The highest BCUT2D eigenvalue weighted by Gasteiger charge is 2.23. The summed E-state index contributed by atoms with van der Waals surface area (Å²) in [6.07, 6.45) is 2.95. The Kier molecular flexibility index (Phi) is 3.88. The lowest BCUT2D eigenvalue weighted by Gasteiger charge is -2.07. The van der Waals surface area contributed by atoms with Gasteiger partial charge in [0.15, 0.2) is 0 Å². The Balaban J connectivity index is 1.78. The summed E-state index contributed by atoms with van der Waals surface area (Å²) in [5, 5.41) is 5.60. The number of amides is 1. The smallest absolute Gasteiger partial charge is 0.407 e. The Bertz CT molecular complexity index is 747. The van der Waals surface area contributed by atoms with Crippen molar-refractivity contribution in [2.75, 3.05) is 19.0 Å². The van der Waals surface area contributed by atoms with Crippen LogP contribution in [0.5, 0.6) is 0 Å². The fraction of sp³-hybridized carbons (Fsp3) is 0.188. The van der Waals surface area contributed by atoms with E-state index in [-0.39, 0.29) is 12.1 Å². The van der Waals surface area contributed by atoms with Crippen molar-refractivity contribution in [1.82, 2.24) is 15.3 Å². The van der Waals surface area contributed by atoms with Gasteiger partial charge in [0.2, 0.25) is 5.95 Å². The number of nitrogens with zero attached hydrogens (tertiary/aromatic N) is 2. The van der Waals surface area contributed by atoms with Crippen LogP contribution >= 0.6 is 0 Å². The standard InChI is InChI=1S/C16H14N4O2/c1-17-15-18-8-12(9-19-15)6-5-11-3-2-4-13(7-11)14-10-22-16(21)20-14/h2-4,7-9,14H,10H2,1H3,(H,20,21)(H,17,18,19)/t14-/m0/s1. The highest BCUT2D eigenvalue weighted by atomic mass is 16.6. The van der Waals surface area contributed by atoms with Crippen LogP contribution in [0, 0.1) is 11.8 Å². The molecule has 110 valence electrons. The van der Waals surface area contributed by atoms with Crippen molar-refractivity contribution in [1.29, 1.82) is 0 Å². The lowest BCUT2D eigenvalue weighted by Crippen LogP contribution is -2.18. The number of carbonyl (C=O) groups is 1. The summed E-state index contributed by atoms with van der Waals surface area (Å²) in [6.45, 7) is 0.342. The minimum absolute atomic E-state index is 0.118. The van der Waals surface area contributed by atoms with Crippen molar-refractivity contribution >= 4 is 12.0 Å². The van der Waals surface area contributed by atoms with E-state index in [0.717, 1.165) is 16.7 Å². The van der Waals surface area contributed by atoms with Crippen LogP contribution in [0.2, 0.25) is 0 Å². The minimum atomic E-state index is -0.386. The Hall–Kier alpha value is -3.07. The molecule has 1 aliphatic heterocycles. The second kappa shape index (κ2) is 6.14. The zero-order valence-corrected chi connectivity index (χ0v) is 12.0. The van der Waals surface area contributed by atoms with Gasteiger partial charge >= 0.3 is 6.09 Å². The monoisotopic (exact) mass is 294 g/mol. The number of benzene rings is 1. The van der Waals surface area contributed by atoms with Gasteiger partial charge in [-0.25, -0.2) is 14.8 Å². The van der Waals surface area contributed by atoms with Crippen molar-refractivity contribution in [3.63, 3.8) is 0 Å². The third-order valence-electron chi connectivity index (χ3n) is 3.19. The number of ether oxygens (including phenoxy) is 1. The SMILES string of the molecule is CNc1ncc(C#Cc2cccc([C@@H]3COC(=O)N3)c2)cn1. The van der Waals surface area contributed by atoms with Gasteiger partial charge in [-0.05, 0) is 17.7 Å². The molecule has 0 aliphatic carbocycles. The van der Waals surface area contributed by atoms with Crippen LogP contribution in [0.25, 0.3) is 0 Å². The first-order valence-electron chi connectivity index (χ1n) is 6.79. The van der Waals surface area contributed by atoms with Gasteiger partial charge in [-0.15, -0.1) is 0 Å². The van der Waals surface area contributed by atoms with Crippen LogP contribution < -0.4 is 10.6 Å². The minimum Gasteiger partial charge on any atom is -0.447 e. The van der Waals surface area contributed by atoms with Gasteiger partial charge in [-0.3, -0.25) is 0 Å². The molecule has 1 fully saturated rings. The van der Waals surface area contributed by atoms with Gasteiger partial charge in [0.05, 0.1) is 11.6 Å². The molecule has 0 bridgehead atoms. The topological polar surface area (TPSA) is 76.1 Å². The summed E-state index contributed by atoms with van der Waals surface area (Å²) < 4.78 is 4.90. The molecule has 1 aromatic carbocycles. The normalized spacial score (nSPS) is 16.2. The first-order valence-corrected chi connectivity index (χ1v) is 6.79. The number of anilines is 1. The highest BCUT2D eigenvalue weighted by molar-refractivity contribution is 5.70. The molecule has 1 atom stereocenters. The molecule has 6 heteroatoms. The third-order valence-corrected chi connectivity index (χ3v) is 3.19. The molecule has 0 saturated carbocycles. The van der Waals surface area contributed by atoms with Gasteiger partial charge < -0.3 is 15.4 Å². The molecule has 6 nitrogen and oxygen atoms in total. The van der Waals surface area contributed by atoms with E-state index >= 15 is 0 Å². The molecule has 0 spiro atoms. The Morgan fingerprint density at radius 1 is 1.27 bits per heavy atom. The van der Waals surface area contributed by atoms with E-state index in [1.165, 1.54) is 0 Å². The van der Waals surface area contributed by atoms with E-state index in [2.05, 4.69) is 32.4 Å². The molecule has 1 aliphatic rings. The third kappa shape index (κ3) is 3.15. The lowest BCUT2D eigenvalue weighted by molar-refractivity contribution is 0.177. The average molecular weight is 294 g/mol. The molecule has 22 heavy (non-hydrogen) atoms. The largest absolute Gasteiger partial charge is 0.447 e. The number of hydrogen-bond donors (Lipinski definition) is 2. The molecule has 1 amide bonds. The molecular weight excluding hydrogens is 280 g/mol. The quantitative estimate of drug-likeness (QED) is 0.824. The predicted molar refractivity (Wildman–Crippen MR) is 81.2 cm³/mol. The van der Waals surface area contributed by atoms with E-state index in [0.29, 0.717) is 12.6 Å². The number of aromatic nitrogens is 2. The van der Waals surface area contributed by atoms with Crippen molar-refractivity contribution in [2.45, 2.75) is 6.04 Å². The van der Waals surface area contributed by atoms with Crippen LogP contribution in [0.3, 0.4) is 0 Å². The van der Waals surface area contributed by atoms with Gasteiger partial charge in [-0.2, -0.15) is 0 Å². The lowest BCUT2D eigenvalue weighted by atomic mass is 10.1. The molecule has 1 saturated heterocycles. The number of hydrogen-bond acceptors (Lipinski definition) is 5. The molecule has 0 unspecified atom stereocenters. The molecular formula is C16H14N4O2. The van der Waals surface area contributed by atoms with E-state index in [9.17, 15) is 4.79 Å². The molecule has 2 N–H and O–H groups in total. The second-order valence-corrected chi connectivity index (χ2v) is 4.72. The fourth-order valence-electron chi connectivity index (χ4n) is 2.06. The number of rotatable bonds is 2. The van der Waals surface area contributed by atoms with E-state index in [4.69, 9.17) is 4.74 Å². The predicted octanol–water partition coefficient (Wildman–Crippen LogP) is 1.70. The van der Waals surface area contributed by atoms with Crippen LogP contribution in [-0.2, 0) is 4.74 Å². The molecule has 3 rings (SSSR count). The summed E-state index contributed by atoms with van der Waals surface area (Å²) in [6, 6.07) is 7.58. The summed E-state index contributed by atoms with van der Waals surface area (Å²) in [5.74, 6) is 6.65. The summed E-state index contributed by atoms with van der Waals surface area (Å²) >= 11 is 0. The molecule has 2 aromatic rings. The zero-order valence-electron chi connectivity index (χ0n) is 12.0. The first-order chi connectivity index (χ1) is 10.7. The van der Waals surface area contributed by atoms with Crippen LogP contribution in [-0.4, -0.2) is 29.7 Å². The maximum absolute atomic E-state index is 11.1. The first kappa shape index (κ1) is 13.9. The van der Waals surface area contributed by atoms with Crippen molar-refractivity contribution in [3.05, 3.63) is 53.3 Å². The van der Waals surface area contributed by atoms with Gasteiger partial charge in [0.25, 0.3) is 0 Å². The number of alkyl carbamates (subject to hydrolysis) is 1. The number of carbonyl (C=O) groups excluding carboxylic acids is 1. The van der Waals surface area contributed by atoms with Gasteiger partial charge in [0, 0.05) is 25.0 Å². The fourth-order valence-corrected chi connectivity index (χ4v) is 2.06. The van der Waals surface area contributed by atoms with Gasteiger partial charge in [-0.1, -0.05) is 24.0 Å². The van der Waals surface area contributed by atoms with E-state index in [1.54, 1.807) is 19.4 Å². The maximum atomic E-state index is 11.1. The average Bonchev–Trinajstić information content (AvgIpc) is 3.00. The van der Waals surface area contributed by atoms with Crippen LogP contribution in [0.15, 0.2) is 36.7 Å². The van der Waals surface area contributed by atoms with Gasteiger partial charge in [0.1, 0.15) is 6.61 Å². The van der Waals surface area contributed by atoms with E-state index < -0.39 is 0 Å². The molecule has 1 aromatic heterocycles.